The fourth-order valence-corrected chi connectivity index (χ4v) is 18.9. The van der Waals surface area contributed by atoms with Crippen LogP contribution in [0.5, 0.6) is 0 Å². The van der Waals surface area contributed by atoms with Crippen molar-refractivity contribution < 1.29 is 27.9 Å². The van der Waals surface area contributed by atoms with Crippen LogP contribution in [0.4, 0.5) is 0 Å². The molecule has 0 aromatic rings. The molecule has 0 aliphatic rings. The molecule has 0 aromatic carbocycles. The molecule has 0 spiro atoms. The van der Waals surface area contributed by atoms with Crippen LogP contribution in [0.15, 0.2) is 0 Å². The second-order valence-corrected chi connectivity index (χ2v) is 30.4. The second-order valence-electron chi connectivity index (χ2n) is 22.8. The van der Waals surface area contributed by atoms with E-state index in [0.29, 0.717) is 24.6 Å². The van der Waals surface area contributed by atoms with Crippen LogP contribution >= 0.6 is 14.6 Å². The third kappa shape index (κ3) is 44.1. The quantitative estimate of drug-likeness (QED) is 0.0467. The molecule has 2 N–H and O–H groups in total. The molecule has 0 bridgehead atoms. The van der Waals surface area contributed by atoms with E-state index in [0.717, 1.165) is 25.7 Å². The van der Waals surface area contributed by atoms with Crippen LogP contribution < -0.4 is 0 Å². The van der Waals surface area contributed by atoms with Gasteiger partial charge in [-0.05, 0) is 0 Å². The summed E-state index contributed by atoms with van der Waals surface area (Å²) in [7, 11) is -7.19. The summed E-state index contributed by atoms with van der Waals surface area (Å²) in [6, 6.07) is 0. The molecule has 8 heteroatoms. The van der Waals surface area contributed by atoms with E-state index < -0.39 is 14.6 Å². The minimum absolute atomic E-state index is 0.00680. The molecule has 0 atom stereocenters. The van der Waals surface area contributed by atoms with Gasteiger partial charge in [-0.25, -0.2) is 0 Å². The van der Waals surface area contributed by atoms with Crippen molar-refractivity contribution in [2.75, 3.05) is 24.6 Å². The number of rotatable bonds is 52. The summed E-state index contributed by atoms with van der Waals surface area (Å²) < 4.78 is 25.5. The Morgan fingerprint density at radius 1 is 0.221 bits per heavy atom. The molecule has 0 saturated carbocycles. The summed E-state index contributed by atoms with van der Waals surface area (Å²) in [6.07, 6.45) is 54.8. The van der Waals surface area contributed by atoms with Gasteiger partial charge >= 0.3 is 431 Å². The fraction of sp³-hybridized carbons (Fsp3) is 1.00. The zero-order valence-electron chi connectivity index (χ0n) is 48.8. The van der Waals surface area contributed by atoms with Gasteiger partial charge in [-0.1, -0.05) is 0 Å². The van der Waals surface area contributed by atoms with Gasteiger partial charge in [0.25, 0.3) is 0 Å². The first-order valence-electron chi connectivity index (χ1n) is 30.8. The summed E-state index contributed by atoms with van der Waals surface area (Å²) in [4.78, 5) is 24.1. The molecule has 0 rings (SSSR count). The maximum atomic E-state index is 12.0. The van der Waals surface area contributed by atoms with Crippen LogP contribution in [0.3, 0.4) is 0 Å². The first-order chi connectivity index (χ1) is 32.5. The predicted molar refractivity (Wildman–Crippen MR) is 310 cm³/mol. The van der Waals surface area contributed by atoms with Crippen LogP contribution in [-0.4, -0.2) is 58.9 Å². The SMILES string of the molecule is CCCCCCCCCCCCP(O)(CCCCCCCCCCCC)(OC(C)C)OC(C)C.CCCCCCCCCCCCP(O)(CCCCCCCCCCCC)(OC(C)C)OC(C)C. The third-order valence-electron chi connectivity index (χ3n) is 13.6. The van der Waals surface area contributed by atoms with Crippen LogP contribution in [0.25, 0.3) is 0 Å². The summed E-state index contributed by atoms with van der Waals surface area (Å²) in [6.45, 7) is 25.4. The summed E-state index contributed by atoms with van der Waals surface area (Å²) in [5.74, 6) is 0. The first kappa shape index (κ1) is 70.7. The molecule has 0 amide bonds. The van der Waals surface area contributed by atoms with Crippen molar-refractivity contribution in [3.63, 3.8) is 0 Å². The van der Waals surface area contributed by atoms with Crippen molar-refractivity contribution in [2.45, 2.75) is 364 Å². The first-order valence-corrected chi connectivity index (χ1v) is 35.6. The number of hydrogen-bond donors (Lipinski definition) is 2. The molecule has 0 radical (unpaired) electrons. The Morgan fingerprint density at radius 3 is 0.456 bits per heavy atom. The van der Waals surface area contributed by atoms with Gasteiger partial charge in [0.05, 0.1) is 0 Å². The van der Waals surface area contributed by atoms with E-state index in [9.17, 15) is 9.79 Å². The van der Waals surface area contributed by atoms with Crippen LogP contribution in [-0.2, 0) is 18.1 Å². The Balaban J connectivity index is 0. The Morgan fingerprint density at radius 2 is 0.338 bits per heavy atom. The topological polar surface area (TPSA) is 77.4 Å². The van der Waals surface area contributed by atoms with Gasteiger partial charge in [-0.2, -0.15) is 0 Å². The van der Waals surface area contributed by atoms with Gasteiger partial charge in [0.15, 0.2) is 0 Å². The predicted octanol–water partition coefficient (Wildman–Crippen LogP) is 21.9. The second kappa shape index (κ2) is 46.2. The van der Waals surface area contributed by atoms with Crippen molar-refractivity contribution in [3.05, 3.63) is 0 Å². The molecule has 0 saturated heterocycles. The molecule has 0 unspecified atom stereocenters. The minimum atomic E-state index is -3.60. The Kier molecular flexibility index (Phi) is 48.0. The van der Waals surface area contributed by atoms with Crippen LogP contribution in [0, 0.1) is 0 Å². The molecule has 0 aliphatic heterocycles. The van der Waals surface area contributed by atoms with E-state index >= 15 is 0 Å². The number of unbranched alkanes of at least 4 members (excludes halogenated alkanes) is 36. The van der Waals surface area contributed by atoms with Gasteiger partial charge < -0.3 is 0 Å². The Bertz CT molecular complexity index is 882. The monoisotopic (exact) mass is 1010 g/mol. The van der Waals surface area contributed by atoms with E-state index in [1.165, 1.54) is 231 Å². The molecule has 6 nitrogen and oxygen atoms in total. The van der Waals surface area contributed by atoms with E-state index in [2.05, 4.69) is 27.7 Å². The third-order valence-corrected chi connectivity index (χ3v) is 22.0. The molecule has 0 aliphatic carbocycles. The Hall–Kier alpha value is 0.620. The standard InChI is InChI=1S/2C30H65O3P/c2*1-7-9-11-13-15-17-19-21-23-25-27-34(31,32-29(3)4,33-30(5)6)28-26-24-22-20-18-16-14-12-10-8-2/h2*29-31H,7-28H2,1-6H3. The molecule has 68 heavy (non-hydrogen) atoms. The van der Waals surface area contributed by atoms with E-state index in [1.54, 1.807) is 0 Å². The van der Waals surface area contributed by atoms with Gasteiger partial charge in [0.1, 0.15) is 0 Å². The summed E-state index contributed by atoms with van der Waals surface area (Å²) in [5, 5.41) is 0. The van der Waals surface area contributed by atoms with Crippen LogP contribution in [0.1, 0.15) is 340 Å². The van der Waals surface area contributed by atoms with Gasteiger partial charge in [0.2, 0.25) is 0 Å². The zero-order chi connectivity index (χ0) is 51.1. The molecule has 416 valence electrons. The zero-order valence-corrected chi connectivity index (χ0v) is 50.6. The van der Waals surface area contributed by atoms with Crippen molar-refractivity contribution in [1.82, 2.24) is 0 Å². The van der Waals surface area contributed by atoms with Crippen molar-refractivity contribution >= 4 is 14.6 Å². The molecular weight excluding hydrogens is 879 g/mol. The molecule has 0 fully saturated rings. The summed E-state index contributed by atoms with van der Waals surface area (Å²) >= 11 is 0. The van der Waals surface area contributed by atoms with E-state index in [1.807, 2.05) is 55.4 Å². The van der Waals surface area contributed by atoms with Crippen LogP contribution in [0.2, 0.25) is 0 Å². The van der Waals surface area contributed by atoms with Gasteiger partial charge in [-0.15, -0.1) is 0 Å². The molecule has 0 aromatic heterocycles. The van der Waals surface area contributed by atoms with Crippen molar-refractivity contribution in [2.24, 2.45) is 0 Å². The Labute approximate surface area is 429 Å². The summed E-state index contributed by atoms with van der Waals surface area (Å²) in [5.41, 5.74) is 0. The maximum absolute atomic E-state index is 12.0. The average Bonchev–Trinajstić information content (AvgIpc) is 3.25. The average molecular weight is 1010 g/mol. The van der Waals surface area contributed by atoms with Crippen molar-refractivity contribution in [3.8, 4) is 0 Å². The molecule has 0 heterocycles. The van der Waals surface area contributed by atoms with Gasteiger partial charge in [0, 0.05) is 0 Å². The fourth-order valence-electron chi connectivity index (χ4n) is 10.3. The van der Waals surface area contributed by atoms with E-state index in [-0.39, 0.29) is 24.4 Å². The van der Waals surface area contributed by atoms with E-state index in [4.69, 9.17) is 18.1 Å². The number of hydrogen-bond acceptors (Lipinski definition) is 6. The molecular formula is C60H130O6P2. The van der Waals surface area contributed by atoms with Gasteiger partial charge in [-0.3, -0.25) is 0 Å². The van der Waals surface area contributed by atoms with Crippen molar-refractivity contribution in [1.29, 1.82) is 0 Å². The normalized spacial score (nSPS) is 13.6.